The van der Waals surface area contributed by atoms with Crippen molar-refractivity contribution >= 4 is 23.2 Å². The van der Waals surface area contributed by atoms with Crippen molar-refractivity contribution in [2.75, 3.05) is 18.4 Å². The minimum Gasteiger partial charge on any atom is -0.324 e. The monoisotopic (exact) mass is 294 g/mol. The number of rotatable bonds is 3. The maximum Gasteiger partial charge on any atom is 0.241 e. The molecule has 1 amide bonds. The van der Waals surface area contributed by atoms with Crippen molar-refractivity contribution in [2.24, 2.45) is 5.92 Å². The molecule has 1 N–H and O–H groups in total. The predicted molar refractivity (Wildman–Crippen MR) is 84.3 cm³/mol. The summed E-state index contributed by atoms with van der Waals surface area (Å²) < 4.78 is 0. The fourth-order valence-electron chi connectivity index (χ4n) is 2.71. The van der Waals surface area contributed by atoms with Crippen LogP contribution in [0.4, 0.5) is 5.69 Å². The fraction of sp³-hybridized carbons (Fsp3) is 0.562. The summed E-state index contributed by atoms with van der Waals surface area (Å²) >= 11 is 5.99. The van der Waals surface area contributed by atoms with Gasteiger partial charge in [-0.15, -0.1) is 0 Å². The Balaban J connectivity index is 2.02. The molecule has 2 atom stereocenters. The molecule has 20 heavy (non-hydrogen) atoms. The molecule has 1 saturated heterocycles. The van der Waals surface area contributed by atoms with Gasteiger partial charge in [-0.2, -0.15) is 0 Å². The summed E-state index contributed by atoms with van der Waals surface area (Å²) in [6.45, 7) is 8.21. The van der Waals surface area contributed by atoms with E-state index in [4.69, 9.17) is 11.6 Å². The first-order valence-electron chi connectivity index (χ1n) is 7.28. The number of piperidine rings is 1. The maximum atomic E-state index is 12.4. The first-order valence-corrected chi connectivity index (χ1v) is 7.66. The molecule has 3 nitrogen and oxygen atoms in total. The minimum atomic E-state index is -0.101. The quantitative estimate of drug-likeness (QED) is 0.922. The average molecular weight is 295 g/mol. The van der Waals surface area contributed by atoms with Crippen molar-refractivity contribution in [1.29, 1.82) is 0 Å². The third-order valence-corrected chi connectivity index (χ3v) is 4.31. The van der Waals surface area contributed by atoms with Crippen LogP contribution in [-0.2, 0) is 4.79 Å². The molecule has 0 aliphatic carbocycles. The smallest absolute Gasteiger partial charge is 0.241 e. The van der Waals surface area contributed by atoms with Crippen LogP contribution >= 0.6 is 11.6 Å². The zero-order valence-electron chi connectivity index (χ0n) is 12.4. The number of amides is 1. The van der Waals surface area contributed by atoms with Crippen LogP contribution in [0.5, 0.6) is 0 Å². The standard InChI is InChI=1S/C16H23ClN2O/c1-11-5-4-8-19(10-11)13(3)16(20)18-15-9-14(17)7-6-12(15)2/h6-7,9,11,13H,4-5,8,10H2,1-3H3,(H,18,20)/t11-,13+/m1/s1. The Labute approximate surface area is 126 Å². The van der Waals surface area contributed by atoms with E-state index in [1.54, 1.807) is 6.07 Å². The Morgan fingerprint density at radius 3 is 2.95 bits per heavy atom. The number of likely N-dealkylation sites (tertiary alicyclic amines) is 1. The van der Waals surface area contributed by atoms with Gasteiger partial charge in [0.2, 0.25) is 5.91 Å². The molecule has 1 aliphatic rings. The number of hydrogen-bond donors (Lipinski definition) is 1. The number of carbonyl (C=O) groups excluding carboxylic acids is 1. The number of nitrogens with zero attached hydrogens (tertiary/aromatic N) is 1. The van der Waals surface area contributed by atoms with Gasteiger partial charge in [-0.25, -0.2) is 0 Å². The van der Waals surface area contributed by atoms with Gasteiger partial charge in [-0.3, -0.25) is 9.69 Å². The van der Waals surface area contributed by atoms with E-state index in [-0.39, 0.29) is 11.9 Å². The molecule has 4 heteroatoms. The van der Waals surface area contributed by atoms with Crippen LogP contribution in [0, 0.1) is 12.8 Å². The lowest BCUT2D eigenvalue weighted by Gasteiger charge is -2.34. The van der Waals surface area contributed by atoms with Crippen LogP contribution in [-0.4, -0.2) is 29.9 Å². The van der Waals surface area contributed by atoms with Crippen molar-refractivity contribution in [3.63, 3.8) is 0 Å². The van der Waals surface area contributed by atoms with Crippen molar-refractivity contribution in [2.45, 2.75) is 39.7 Å². The number of carbonyl (C=O) groups is 1. The molecule has 1 aromatic carbocycles. The Kier molecular flexibility index (Phi) is 5.06. The lowest BCUT2D eigenvalue weighted by molar-refractivity contribution is -0.121. The molecule has 1 aromatic rings. The molecule has 0 aromatic heterocycles. The number of nitrogens with one attached hydrogen (secondary N) is 1. The summed E-state index contributed by atoms with van der Waals surface area (Å²) in [6.07, 6.45) is 2.44. The molecule has 0 spiro atoms. The number of hydrogen-bond acceptors (Lipinski definition) is 2. The van der Waals surface area contributed by atoms with E-state index in [2.05, 4.69) is 17.1 Å². The third-order valence-electron chi connectivity index (χ3n) is 4.07. The number of benzene rings is 1. The van der Waals surface area contributed by atoms with E-state index in [1.165, 1.54) is 12.8 Å². The first-order chi connectivity index (χ1) is 9.47. The maximum absolute atomic E-state index is 12.4. The second-order valence-corrected chi connectivity index (χ2v) is 6.30. The highest BCUT2D eigenvalue weighted by Gasteiger charge is 2.25. The molecule has 0 saturated carbocycles. The summed E-state index contributed by atoms with van der Waals surface area (Å²) in [5.41, 5.74) is 1.83. The molecule has 0 radical (unpaired) electrons. The molecular weight excluding hydrogens is 272 g/mol. The normalized spacial score (nSPS) is 21.5. The third kappa shape index (κ3) is 3.74. The SMILES string of the molecule is Cc1ccc(Cl)cc1NC(=O)[C@H](C)N1CCC[C@@H](C)C1. The highest BCUT2D eigenvalue weighted by atomic mass is 35.5. The summed E-state index contributed by atoms with van der Waals surface area (Å²) in [6, 6.07) is 5.46. The molecule has 1 fully saturated rings. The van der Waals surface area contributed by atoms with Gasteiger partial charge in [-0.1, -0.05) is 24.6 Å². The van der Waals surface area contributed by atoms with Gasteiger partial charge in [0.15, 0.2) is 0 Å². The molecular formula is C16H23ClN2O. The Bertz CT molecular complexity index is 489. The van der Waals surface area contributed by atoms with E-state index >= 15 is 0 Å². The van der Waals surface area contributed by atoms with Crippen molar-refractivity contribution in [3.8, 4) is 0 Å². The molecule has 2 rings (SSSR count). The van der Waals surface area contributed by atoms with Crippen LogP contribution in [0.1, 0.15) is 32.3 Å². The summed E-state index contributed by atoms with van der Waals surface area (Å²) in [4.78, 5) is 14.7. The van der Waals surface area contributed by atoms with E-state index in [9.17, 15) is 4.79 Å². The fourth-order valence-corrected chi connectivity index (χ4v) is 2.88. The summed E-state index contributed by atoms with van der Waals surface area (Å²) in [5, 5.41) is 3.64. The van der Waals surface area contributed by atoms with Crippen LogP contribution in [0.25, 0.3) is 0 Å². The van der Waals surface area contributed by atoms with Crippen molar-refractivity contribution in [3.05, 3.63) is 28.8 Å². The van der Waals surface area contributed by atoms with Crippen molar-refractivity contribution in [1.82, 2.24) is 4.90 Å². The van der Waals surface area contributed by atoms with Gasteiger partial charge in [-0.05, 0) is 56.8 Å². The van der Waals surface area contributed by atoms with Crippen LogP contribution in [0.15, 0.2) is 18.2 Å². The van der Waals surface area contributed by atoms with Crippen molar-refractivity contribution < 1.29 is 4.79 Å². The van der Waals surface area contributed by atoms with E-state index in [0.717, 1.165) is 24.3 Å². The van der Waals surface area contributed by atoms with E-state index in [0.29, 0.717) is 10.9 Å². The molecule has 110 valence electrons. The molecule has 0 bridgehead atoms. The zero-order chi connectivity index (χ0) is 14.7. The lowest BCUT2D eigenvalue weighted by atomic mass is 9.99. The van der Waals surface area contributed by atoms with Gasteiger partial charge in [0.05, 0.1) is 6.04 Å². The van der Waals surface area contributed by atoms with Gasteiger partial charge in [0.1, 0.15) is 0 Å². The molecule has 1 aliphatic heterocycles. The highest BCUT2D eigenvalue weighted by molar-refractivity contribution is 6.31. The second-order valence-electron chi connectivity index (χ2n) is 5.87. The van der Waals surface area contributed by atoms with Gasteiger partial charge < -0.3 is 5.32 Å². The van der Waals surface area contributed by atoms with E-state index in [1.807, 2.05) is 26.0 Å². The minimum absolute atomic E-state index is 0.0458. The summed E-state index contributed by atoms with van der Waals surface area (Å²) in [7, 11) is 0. The van der Waals surface area contributed by atoms with Gasteiger partial charge >= 0.3 is 0 Å². The Hall–Kier alpha value is -1.06. The number of anilines is 1. The predicted octanol–water partition coefficient (Wildman–Crippen LogP) is 3.71. The number of halogens is 1. The Morgan fingerprint density at radius 2 is 2.25 bits per heavy atom. The highest BCUT2D eigenvalue weighted by Crippen LogP contribution is 2.22. The summed E-state index contributed by atoms with van der Waals surface area (Å²) in [5.74, 6) is 0.719. The van der Waals surface area contributed by atoms with Crippen LogP contribution < -0.4 is 5.32 Å². The van der Waals surface area contributed by atoms with E-state index < -0.39 is 0 Å². The molecule has 0 unspecified atom stereocenters. The number of aryl methyl sites for hydroxylation is 1. The van der Waals surface area contributed by atoms with Gasteiger partial charge in [0.25, 0.3) is 0 Å². The first kappa shape index (κ1) is 15.3. The van der Waals surface area contributed by atoms with Gasteiger partial charge in [0, 0.05) is 17.3 Å². The average Bonchev–Trinajstić information content (AvgIpc) is 2.42. The second kappa shape index (κ2) is 6.59. The zero-order valence-corrected chi connectivity index (χ0v) is 13.2. The van der Waals surface area contributed by atoms with Crippen LogP contribution in [0.3, 0.4) is 0 Å². The molecule has 1 heterocycles. The Morgan fingerprint density at radius 1 is 1.50 bits per heavy atom. The largest absolute Gasteiger partial charge is 0.324 e. The topological polar surface area (TPSA) is 32.3 Å². The van der Waals surface area contributed by atoms with Crippen LogP contribution in [0.2, 0.25) is 5.02 Å². The lowest BCUT2D eigenvalue weighted by Crippen LogP contribution is -2.46.